The Hall–Kier alpha value is -1.73. The van der Waals surface area contributed by atoms with Crippen LogP contribution in [0.2, 0.25) is 0 Å². The Morgan fingerprint density at radius 1 is 1.33 bits per heavy atom. The van der Waals surface area contributed by atoms with Gasteiger partial charge in [-0.15, -0.1) is 22.7 Å². The molecule has 1 fully saturated rings. The fraction of sp³-hybridized carbons (Fsp3) is 0.357. The van der Waals surface area contributed by atoms with Gasteiger partial charge in [0.05, 0.1) is 22.4 Å². The van der Waals surface area contributed by atoms with Gasteiger partial charge in [-0.3, -0.25) is 9.59 Å². The zero-order chi connectivity index (χ0) is 15.2. The molecule has 0 saturated heterocycles. The number of carbonyl (C=O) groups is 2. The van der Waals surface area contributed by atoms with Crippen LogP contribution in [0.5, 0.6) is 0 Å². The van der Waals surface area contributed by atoms with Crippen LogP contribution in [0.4, 0.5) is 5.13 Å². The zero-order valence-corrected chi connectivity index (χ0v) is 13.1. The van der Waals surface area contributed by atoms with Crippen LogP contribution in [0.1, 0.15) is 13.8 Å². The van der Waals surface area contributed by atoms with Crippen LogP contribution in [0.3, 0.4) is 0 Å². The lowest BCUT2D eigenvalue weighted by Gasteiger charge is -2.02. The van der Waals surface area contributed by atoms with E-state index in [2.05, 4.69) is 10.3 Å². The van der Waals surface area contributed by atoms with E-state index in [0.717, 1.165) is 10.6 Å². The number of aliphatic carboxylic acids is 1. The van der Waals surface area contributed by atoms with Gasteiger partial charge in [0.1, 0.15) is 0 Å². The number of hydrogen-bond acceptors (Lipinski definition) is 5. The van der Waals surface area contributed by atoms with Crippen molar-refractivity contribution in [1.29, 1.82) is 0 Å². The maximum absolute atomic E-state index is 12.2. The molecule has 0 unspecified atom stereocenters. The molecule has 2 aromatic rings. The van der Waals surface area contributed by atoms with Gasteiger partial charge in [0.2, 0.25) is 5.91 Å². The highest BCUT2D eigenvalue weighted by Crippen LogP contribution is 2.58. The first-order valence-electron chi connectivity index (χ1n) is 6.44. The van der Waals surface area contributed by atoms with Gasteiger partial charge in [-0.1, -0.05) is 19.9 Å². The molecule has 0 aromatic carbocycles. The predicted molar refractivity (Wildman–Crippen MR) is 82.5 cm³/mol. The highest BCUT2D eigenvalue weighted by atomic mass is 32.1. The summed E-state index contributed by atoms with van der Waals surface area (Å²) in [6, 6.07) is 3.91. The van der Waals surface area contributed by atoms with E-state index in [0.29, 0.717) is 5.13 Å². The van der Waals surface area contributed by atoms with E-state index in [-0.39, 0.29) is 5.91 Å². The maximum Gasteiger partial charge on any atom is 0.307 e. The molecule has 1 aliphatic rings. The first-order valence-corrected chi connectivity index (χ1v) is 8.20. The number of carboxylic acids is 1. The average molecular weight is 322 g/mol. The van der Waals surface area contributed by atoms with Gasteiger partial charge in [0.15, 0.2) is 5.13 Å². The molecule has 5 nitrogen and oxygen atoms in total. The Kier molecular flexibility index (Phi) is 3.33. The Labute approximate surface area is 129 Å². The number of rotatable bonds is 4. The standard InChI is InChI=1S/C14H14N2O3S2/c1-14(2)9(10(14)12(18)19)11(17)16-13-15-7(6-21-13)8-4-3-5-20-8/h3-6,9-10H,1-2H3,(H,18,19)(H,15,16,17)/t9-,10+/m0/s1. The summed E-state index contributed by atoms with van der Waals surface area (Å²) >= 11 is 2.93. The smallest absolute Gasteiger partial charge is 0.307 e. The number of nitrogens with zero attached hydrogens (tertiary/aromatic N) is 1. The zero-order valence-electron chi connectivity index (χ0n) is 11.5. The molecule has 7 heteroatoms. The fourth-order valence-corrected chi connectivity index (χ4v) is 4.11. The monoisotopic (exact) mass is 322 g/mol. The molecule has 0 radical (unpaired) electrons. The fourth-order valence-electron chi connectivity index (χ4n) is 2.64. The molecule has 110 valence electrons. The molecule has 0 bridgehead atoms. The second kappa shape index (κ2) is 4.92. The minimum atomic E-state index is -0.918. The summed E-state index contributed by atoms with van der Waals surface area (Å²) in [5.41, 5.74) is 0.333. The second-order valence-corrected chi connectivity index (χ2v) is 7.43. The molecular weight excluding hydrogens is 308 g/mol. The molecule has 2 heterocycles. The summed E-state index contributed by atoms with van der Waals surface area (Å²) in [4.78, 5) is 28.7. The highest BCUT2D eigenvalue weighted by Gasteiger charge is 2.65. The highest BCUT2D eigenvalue weighted by molar-refractivity contribution is 7.16. The van der Waals surface area contributed by atoms with Crippen molar-refractivity contribution in [2.45, 2.75) is 13.8 Å². The number of hydrogen-bond donors (Lipinski definition) is 2. The Bertz CT molecular complexity index is 691. The summed E-state index contributed by atoms with van der Waals surface area (Å²) in [7, 11) is 0. The first-order chi connectivity index (χ1) is 9.91. The van der Waals surface area contributed by atoms with Crippen molar-refractivity contribution < 1.29 is 14.7 Å². The maximum atomic E-state index is 12.2. The minimum Gasteiger partial charge on any atom is -0.481 e. The molecule has 2 N–H and O–H groups in total. The van der Waals surface area contributed by atoms with Gasteiger partial charge >= 0.3 is 5.97 Å². The SMILES string of the molecule is CC1(C)[C@H](C(=O)Nc2nc(-c3cccs3)cs2)[C@@H]1C(=O)O. The van der Waals surface area contributed by atoms with Crippen molar-refractivity contribution in [3.05, 3.63) is 22.9 Å². The van der Waals surface area contributed by atoms with E-state index >= 15 is 0 Å². The van der Waals surface area contributed by atoms with Crippen LogP contribution in [-0.4, -0.2) is 22.0 Å². The summed E-state index contributed by atoms with van der Waals surface area (Å²) in [6.07, 6.45) is 0. The molecule has 1 amide bonds. The second-order valence-electron chi connectivity index (χ2n) is 5.62. The lowest BCUT2D eigenvalue weighted by atomic mass is 10.1. The minimum absolute atomic E-state index is 0.264. The summed E-state index contributed by atoms with van der Waals surface area (Å²) < 4.78 is 0. The number of anilines is 1. The molecule has 2 atom stereocenters. The average Bonchev–Trinajstić information content (AvgIpc) is 2.85. The Morgan fingerprint density at radius 2 is 2.10 bits per heavy atom. The van der Waals surface area contributed by atoms with Crippen LogP contribution in [0.25, 0.3) is 10.6 Å². The lowest BCUT2D eigenvalue weighted by molar-refractivity contribution is -0.140. The van der Waals surface area contributed by atoms with Crippen molar-refractivity contribution in [3.63, 3.8) is 0 Å². The first kappa shape index (κ1) is 14.2. The largest absolute Gasteiger partial charge is 0.481 e. The number of thiazole rings is 1. The molecule has 0 spiro atoms. The van der Waals surface area contributed by atoms with Gasteiger partial charge in [0, 0.05) is 5.38 Å². The molecule has 3 rings (SSSR count). The molecule has 1 aliphatic carbocycles. The summed E-state index contributed by atoms with van der Waals surface area (Å²) in [5, 5.41) is 16.2. The third-order valence-electron chi connectivity index (χ3n) is 3.88. The van der Waals surface area contributed by atoms with Gasteiger partial charge in [0.25, 0.3) is 0 Å². The Balaban J connectivity index is 1.71. The molecule has 2 aromatic heterocycles. The topological polar surface area (TPSA) is 79.3 Å². The van der Waals surface area contributed by atoms with E-state index < -0.39 is 23.2 Å². The van der Waals surface area contributed by atoms with Gasteiger partial charge in [-0.25, -0.2) is 4.98 Å². The van der Waals surface area contributed by atoms with E-state index in [9.17, 15) is 9.59 Å². The van der Waals surface area contributed by atoms with Crippen molar-refractivity contribution in [2.24, 2.45) is 17.3 Å². The summed E-state index contributed by atoms with van der Waals surface area (Å²) in [5.74, 6) is -2.30. The van der Waals surface area contributed by atoms with Crippen molar-refractivity contribution in [2.75, 3.05) is 5.32 Å². The van der Waals surface area contributed by atoms with Crippen LogP contribution >= 0.6 is 22.7 Å². The van der Waals surface area contributed by atoms with Crippen molar-refractivity contribution >= 4 is 39.7 Å². The van der Waals surface area contributed by atoms with Crippen LogP contribution in [0, 0.1) is 17.3 Å². The number of nitrogens with one attached hydrogen (secondary N) is 1. The van der Waals surface area contributed by atoms with E-state index in [1.807, 2.05) is 22.9 Å². The number of thiophene rings is 1. The summed E-state index contributed by atoms with van der Waals surface area (Å²) in [6.45, 7) is 3.60. The number of aromatic nitrogens is 1. The van der Waals surface area contributed by atoms with Crippen molar-refractivity contribution in [3.8, 4) is 10.6 Å². The third kappa shape index (κ3) is 2.47. The quantitative estimate of drug-likeness (QED) is 0.906. The molecular formula is C14H14N2O3S2. The molecule has 0 aliphatic heterocycles. The molecule has 21 heavy (non-hydrogen) atoms. The molecule has 1 saturated carbocycles. The van der Waals surface area contributed by atoms with Gasteiger partial charge < -0.3 is 10.4 Å². The third-order valence-corrected chi connectivity index (χ3v) is 5.53. The number of amides is 1. The van der Waals surface area contributed by atoms with Crippen molar-refractivity contribution in [1.82, 2.24) is 4.98 Å². The predicted octanol–water partition coefficient (Wildman–Crippen LogP) is 3.17. The van der Waals surface area contributed by atoms with Crippen LogP contribution in [0.15, 0.2) is 22.9 Å². The van der Waals surface area contributed by atoms with E-state index in [1.54, 1.807) is 25.2 Å². The van der Waals surface area contributed by atoms with Gasteiger partial charge in [-0.05, 0) is 16.9 Å². The normalized spacial score (nSPS) is 22.8. The van der Waals surface area contributed by atoms with E-state index in [4.69, 9.17) is 5.11 Å². The van der Waals surface area contributed by atoms with E-state index in [1.165, 1.54) is 11.3 Å². The number of carbonyl (C=O) groups excluding carboxylic acids is 1. The Morgan fingerprint density at radius 3 is 2.67 bits per heavy atom. The van der Waals surface area contributed by atoms with Crippen LogP contribution < -0.4 is 5.32 Å². The lowest BCUT2D eigenvalue weighted by Crippen LogP contribution is -2.17. The van der Waals surface area contributed by atoms with Crippen LogP contribution in [-0.2, 0) is 9.59 Å². The van der Waals surface area contributed by atoms with Gasteiger partial charge in [-0.2, -0.15) is 0 Å². The number of carboxylic acid groups (broad SMARTS) is 1.